The summed E-state index contributed by atoms with van der Waals surface area (Å²) in [4.78, 5) is 37.3. The lowest BCUT2D eigenvalue weighted by atomic mass is 10.3. The molecule has 132 valence electrons. The van der Waals surface area contributed by atoms with Crippen LogP contribution in [0.2, 0.25) is 0 Å². The number of nitrogens with zero attached hydrogens (tertiary/aromatic N) is 1. The first kappa shape index (κ1) is 17.6. The fourth-order valence-corrected chi connectivity index (χ4v) is 4.43. The van der Waals surface area contributed by atoms with Crippen LogP contribution in [0.4, 0.5) is 4.79 Å². The van der Waals surface area contributed by atoms with Crippen molar-refractivity contribution in [3.05, 3.63) is 40.5 Å². The summed E-state index contributed by atoms with van der Waals surface area (Å²) in [5.74, 6) is -0.632. The summed E-state index contributed by atoms with van der Waals surface area (Å²) in [6.07, 6.45) is 4.23. The third-order valence-corrected chi connectivity index (χ3v) is 5.83. The summed E-state index contributed by atoms with van der Waals surface area (Å²) in [7, 11) is -3.26. The minimum absolute atomic E-state index is 0.0742. The quantitative estimate of drug-likeness (QED) is 0.603. The van der Waals surface area contributed by atoms with E-state index in [1.165, 1.54) is 18.4 Å². The van der Waals surface area contributed by atoms with Crippen LogP contribution in [0.3, 0.4) is 0 Å². The fraction of sp³-hybridized carbons (Fsp3) is 0.267. The number of rotatable bonds is 5. The largest absolute Gasteiger partial charge is 0.610 e. The Hall–Kier alpha value is -2.17. The Morgan fingerprint density at radius 2 is 2.32 bits per heavy atom. The van der Waals surface area contributed by atoms with E-state index in [1.54, 1.807) is 12.1 Å². The molecule has 2 aliphatic heterocycles. The van der Waals surface area contributed by atoms with Crippen LogP contribution in [-0.4, -0.2) is 44.8 Å². The van der Waals surface area contributed by atoms with Crippen LogP contribution in [0.1, 0.15) is 12.2 Å². The number of nitrogens with one attached hydrogen (secondary N) is 1. The van der Waals surface area contributed by atoms with E-state index in [4.69, 9.17) is 4.42 Å². The highest BCUT2D eigenvalue weighted by molar-refractivity contribution is 8.18. The zero-order valence-electron chi connectivity index (χ0n) is 12.9. The van der Waals surface area contributed by atoms with Crippen LogP contribution in [0.5, 0.6) is 0 Å². The van der Waals surface area contributed by atoms with Crippen LogP contribution >= 0.6 is 11.8 Å². The molecule has 3 heterocycles. The van der Waals surface area contributed by atoms with Gasteiger partial charge in [0.25, 0.3) is 11.1 Å². The fourth-order valence-electron chi connectivity index (χ4n) is 2.35. The van der Waals surface area contributed by atoms with Crippen molar-refractivity contribution in [1.29, 1.82) is 0 Å². The van der Waals surface area contributed by atoms with E-state index in [0.717, 1.165) is 22.1 Å². The van der Waals surface area contributed by atoms with Gasteiger partial charge in [-0.05, 0) is 30.0 Å². The van der Waals surface area contributed by atoms with Gasteiger partial charge in [0.2, 0.25) is 5.91 Å². The number of imide groups is 1. The van der Waals surface area contributed by atoms with Crippen molar-refractivity contribution >= 4 is 45.1 Å². The first-order valence-corrected chi connectivity index (χ1v) is 9.86. The lowest BCUT2D eigenvalue weighted by molar-refractivity contribution is -0.124. The second-order valence-corrected chi connectivity index (χ2v) is 8.36. The number of thioether (sulfide) groups is 1. The Bertz CT molecular complexity index is 814. The summed E-state index contributed by atoms with van der Waals surface area (Å²) >= 11 is 0.781. The van der Waals surface area contributed by atoms with E-state index in [-0.39, 0.29) is 23.6 Å². The van der Waals surface area contributed by atoms with Gasteiger partial charge in [-0.25, -0.2) is 0 Å². The highest BCUT2D eigenvalue weighted by Gasteiger charge is 2.35. The van der Waals surface area contributed by atoms with E-state index in [2.05, 4.69) is 5.32 Å². The maximum absolute atomic E-state index is 12.2. The zero-order valence-corrected chi connectivity index (χ0v) is 14.5. The number of carbonyl (C=O) groups is 3. The molecule has 2 unspecified atom stereocenters. The summed E-state index contributed by atoms with van der Waals surface area (Å²) in [5, 5.41) is 3.15. The van der Waals surface area contributed by atoms with Crippen molar-refractivity contribution in [2.75, 3.05) is 12.3 Å². The molecule has 0 radical (unpaired) electrons. The van der Waals surface area contributed by atoms with Crippen LogP contribution in [0, 0.1) is 0 Å². The van der Waals surface area contributed by atoms with Gasteiger partial charge >= 0.3 is 0 Å². The van der Waals surface area contributed by atoms with Gasteiger partial charge in [-0.2, -0.15) is 0 Å². The molecule has 1 fully saturated rings. The van der Waals surface area contributed by atoms with Gasteiger partial charge in [0.15, 0.2) is 0 Å². The van der Waals surface area contributed by atoms with E-state index in [1.807, 2.05) is 0 Å². The average molecular weight is 382 g/mol. The maximum Gasteiger partial charge on any atom is 0.293 e. The Morgan fingerprint density at radius 1 is 1.52 bits per heavy atom. The molecule has 1 N–H and O–H groups in total. The Morgan fingerprint density at radius 3 is 2.96 bits per heavy atom. The molecule has 8 nitrogen and oxygen atoms in total. The first-order chi connectivity index (χ1) is 11.8. The molecule has 0 aliphatic carbocycles. The molecule has 0 saturated carbocycles. The van der Waals surface area contributed by atoms with E-state index in [0.29, 0.717) is 5.76 Å². The van der Waals surface area contributed by atoms with E-state index < -0.39 is 33.3 Å². The molecular weight excluding hydrogens is 368 g/mol. The summed E-state index contributed by atoms with van der Waals surface area (Å²) < 4.78 is 27.7. The minimum atomic E-state index is -3.26. The van der Waals surface area contributed by atoms with Gasteiger partial charge in [-0.3, -0.25) is 19.3 Å². The maximum atomic E-state index is 12.2. The topological polar surface area (TPSA) is 120 Å². The molecule has 25 heavy (non-hydrogen) atoms. The number of amides is 3. The molecule has 2 aliphatic rings. The molecule has 10 heteroatoms. The monoisotopic (exact) mass is 382 g/mol. The Balaban J connectivity index is 1.54. The normalized spacial score (nSPS) is 27.5. The van der Waals surface area contributed by atoms with Gasteiger partial charge in [0, 0.05) is 19.0 Å². The van der Waals surface area contributed by atoms with Crippen LogP contribution < -0.4 is 5.32 Å². The van der Waals surface area contributed by atoms with Gasteiger partial charge in [-0.1, -0.05) is 0 Å². The van der Waals surface area contributed by atoms with Gasteiger partial charge < -0.3 is 14.3 Å². The highest BCUT2D eigenvalue weighted by Crippen LogP contribution is 2.32. The zero-order chi connectivity index (χ0) is 18.0. The Kier molecular flexibility index (Phi) is 4.93. The number of hydrogen-bond acceptors (Lipinski definition) is 7. The third kappa shape index (κ3) is 4.27. The molecule has 0 spiro atoms. The smallest absolute Gasteiger partial charge is 0.293 e. The molecular formula is C15H14N2O6S2. The summed E-state index contributed by atoms with van der Waals surface area (Å²) in [5.41, 5.74) is 0. The lowest BCUT2D eigenvalue weighted by Crippen LogP contribution is -2.39. The van der Waals surface area contributed by atoms with Gasteiger partial charge in [0.1, 0.15) is 16.9 Å². The molecule has 1 aromatic heterocycles. The van der Waals surface area contributed by atoms with E-state index in [9.17, 15) is 23.1 Å². The van der Waals surface area contributed by atoms with Gasteiger partial charge in [0.05, 0.1) is 27.4 Å². The van der Waals surface area contributed by atoms with Crippen LogP contribution in [-0.2, 0) is 24.0 Å². The van der Waals surface area contributed by atoms with E-state index >= 15 is 0 Å². The molecule has 0 aromatic carbocycles. The van der Waals surface area contributed by atoms with Crippen molar-refractivity contribution in [3.8, 4) is 0 Å². The summed E-state index contributed by atoms with van der Waals surface area (Å²) in [6.45, 7) is -0.0742. The number of carbonyl (C=O) groups excluding carboxylic acids is 3. The van der Waals surface area contributed by atoms with Crippen molar-refractivity contribution in [1.82, 2.24) is 10.2 Å². The third-order valence-electron chi connectivity index (χ3n) is 3.53. The second kappa shape index (κ2) is 6.98. The lowest BCUT2D eigenvalue weighted by Gasteiger charge is -2.14. The van der Waals surface area contributed by atoms with Crippen LogP contribution in [0.15, 0.2) is 39.2 Å². The molecule has 3 amide bonds. The molecule has 3 rings (SSSR count). The Labute approximate surface area is 148 Å². The predicted molar refractivity (Wildman–Crippen MR) is 90.8 cm³/mol. The second-order valence-electron chi connectivity index (χ2n) is 5.43. The SMILES string of the molecule is O=C(CCN1C(=O)S/C(=C/c2ccco2)C1=O)NC1C=C[S+](=O)([O-])C1. The van der Waals surface area contributed by atoms with Crippen LogP contribution in [0.25, 0.3) is 6.08 Å². The molecule has 1 aromatic rings. The van der Waals surface area contributed by atoms with Crippen molar-refractivity contribution in [3.63, 3.8) is 0 Å². The average Bonchev–Trinajstić information content (AvgIpc) is 3.21. The molecule has 2 atom stereocenters. The molecule has 0 bridgehead atoms. The standard InChI is InChI=1S/C15H14N2O6S2/c18-13(16-10-4-7-25(21,22)9-10)3-5-17-14(19)12(24-15(17)20)8-11-2-1-6-23-11/h1-2,4,6-8,10H,3,5,9H2,(H-,16,18,21,22)/b12-8+. The van der Waals surface area contributed by atoms with Crippen molar-refractivity contribution in [2.45, 2.75) is 12.5 Å². The predicted octanol–water partition coefficient (Wildman–Crippen LogP) is 1.35. The number of furan rings is 1. The highest BCUT2D eigenvalue weighted by atomic mass is 32.3. The first-order valence-electron chi connectivity index (χ1n) is 7.33. The summed E-state index contributed by atoms with van der Waals surface area (Å²) in [6, 6.07) is 2.74. The van der Waals surface area contributed by atoms with Crippen molar-refractivity contribution in [2.24, 2.45) is 0 Å². The van der Waals surface area contributed by atoms with Crippen molar-refractivity contribution < 1.29 is 27.6 Å². The van der Waals surface area contributed by atoms with Gasteiger partial charge in [-0.15, -0.1) is 4.21 Å². The molecule has 1 saturated heterocycles. The number of hydrogen-bond donors (Lipinski definition) is 1. The number of sulfone groups is 1. The minimum Gasteiger partial charge on any atom is -0.610 e.